The molecule has 0 saturated carbocycles. The van der Waals surface area contributed by atoms with E-state index in [0.717, 1.165) is 17.5 Å². The Kier molecular flexibility index (Phi) is 9.11. The van der Waals surface area contributed by atoms with Crippen molar-refractivity contribution in [2.24, 2.45) is 5.92 Å². The number of amides is 1. The van der Waals surface area contributed by atoms with Crippen LogP contribution in [0.4, 0.5) is 5.13 Å². The number of rotatable bonds is 11. The Labute approximate surface area is 255 Å². The molecule has 2 heterocycles. The van der Waals surface area contributed by atoms with Gasteiger partial charge in [-0.3, -0.25) is 14.5 Å². The molecule has 1 unspecified atom stereocenters. The number of ketones is 1. The van der Waals surface area contributed by atoms with Gasteiger partial charge in [0.25, 0.3) is 5.78 Å². The third-order valence-corrected chi connectivity index (χ3v) is 7.91. The van der Waals surface area contributed by atoms with E-state index < -0.39 is 17.7 Å². The molecule has 222 valence electrons. The Hall–Kier alpha value is -4.63. The lowest BCUT2D eigenvalue weighted by atomic mass is 9.95. The molecule has 1 atom stereocenters. The first kappa shape index (κ1) is 29.8. The second-order valence-corrected chi connectivity index (χ2v) is 11.6. The van der Waals surface area contributed by atoms with E-state index in [4.69, 9.17) is 14.2 Å². The van der Waals surface area contributed by atoms with Crippen LogP contribution in [0.15, 0.2) is 83.9 Å². The van der Waals surface area contributed by atoms with Crippen molar-refractivity contribution in [3.63, 3.8) is 0 Å². The maximum Gasteiger partial charge on any atom is 0.301 e. The molecule has 1 amide bonds. The number of aliphatic hydroxyl groups excluding tert-OH is 1. The van der Waals surface area contributed by atoms with E-state index in [1.807, 2.05) is 25.1 Å². The molecule has 1 aliphatic rings. The van der Waals surface area contributed by atoms with Crippen molar-refractivity contribution in [1.82, 2.24) is 4.98 Å². The van der Waals surface area contributed by atoms with Crippen molar-refractivity contribution in [1.29, 1.82) is 0 Å². The van der Waals surface area contributed by atoms with Crippen LogP contribution in [-0.4, -0.2) is 35.5 Å². The molecular formula is C34H34N2O6S. The van der Waals surface area contributed by atoms with Crippen LogP contribution in [0.1, 0.15) is 48.6 Å². The fourth-order valence-electron chi connectivity index (χ4n) is 4.89. The van der Waals surface area contributed by atoms with Crippen molar-refractivity contribution < 1.29 is 28.9 Å². The van der Waals surface area contributed by atoms with Gasteiger partial charge in [0, 0.05) is 17.1 Å². The van der Waals surface area contributed by atoms with Gasteiger partial charge in [-0.1, -0.05) is 49.7 Å². The average Bonchev–Trinajstić information content (AvgIpc) is 3.62. The molecule has 4 aromatic rings. The number of carbonyl (C=O) groups excluding carboxylic acids is 2. The molecule has 1 aliphatic heterocycles. The summed E-state index contributed by atoms with van der Waals surface area (Å²) < 4.78 is 17.5. The number of methoxy groups -OCH3 is 1. The van der Waals surface area contributed by atoms with Gasteiger partial charge >= 0.3 is 5.91 Å². The third kappa shape index (κ3) is 6.57. The minimum absolute atomic E-state index is 0.0378. The summed E-state index contributed by atoms with van der Waals surface area (Å²) in [5.74, 6) is 0.251. The van der Waals surface area contributed by atoms with E-state index in [1.165, 1.54) is 23.3 Å². The van der Waals surface area contributed by atoms with Crippen LogP contribution in [0.2, 0.25) is 0 Å². The minimum Gasteiger partial charge on any atom is -0.507 e. The maximum atomic E-state index is 13.5. The predicted molar refractivity (Wildman–Crippen MR) is 167 cm³/mol. The fourth-order valence-corrected chi connectivity index (χ4v) is 5.56. The molecule has 1 N–H and O–H groups in total. The zero-order valence-electron chi connectivity index (χ0n) is 24.6. The number of thiazole rings is 1. The Balaban J connectivity index is 1.49. The van der Waals surface area contributed by atoms with Crippen LogP contribution in [-0.2, 0) is 16.2 Å². The molecule has 5 rings (SSSR count). The Bertz CT molecular complexity index is 1630. The number of aromatic nitrogens is 1. The molecule has 1 fully saturated rings. The summed E-state index contributed by atoms with van der Waals surface area (Å²) in [7, 11) is 1.54. The van der Waals surface area contributed by atoms with Crippen LogP contribution < -0.4 is 19.1 Å². The van der Waals surface area contributed by atoms with Crippen molar-refractivity contribution in [2.75, 3.05) is 18.6 Å². The molecule has 3 aromatic carbocycles. The number of carbonyl (C=O) groups is 2. The van der Waals surface area contributed by atoms with Crippen molar-refractivity contribution >= 4 is 33.9 Å². The highest BCUT2D eigenvalue weighted by Crippen LogP contribution is 2.44. The molecule has 1 aromatic heterocycles. The molecule has 0 radical (unpaired) electrons. The lowest BCUT2D eigenvalue weighted by Gasteiger charge is -2.24. The lowest BCUT2D eigenvalue weighted by Crippen LogP contribution is -2.29. The van der Waals surface area contributed by atoms with Gasteiger partial charge in [-0.15, -0.1) is 11.3 Å². The van der Waals surface area contributed by atoms with Gasteiger partial charge in [-0.2, -0.15) is 0 Å². The summed E-state index contributed by atoms with van der Waals surface area (Å²) in [4.78, 5) is 32.5. The van der Waals surface area contributed by atoms with Crippen LogP contribution in [0.25, 0.3) is 5.76 Å². The molecule has 43 heavy (non-hydrogen) atoms. The zero-order valence-corrected chi connectivity index (χ0v) is 25.4. The topological polar surface area (TPSA) is 98.2 Å². The standard InChI is InChI=1S/C34H34N2O6S/c1-21(2)14-16-41-27-13-10-25(19-28(27)40-4)30-29(32(38)33(39)36(30)34-35-15-17-43-34)31(37)24-8-11-26(12-9-24)42-20-23-7-5-6-22(3)18-23/h5-13,15,17-19,21,30,37H,14,16,20H2,1-4H3/b31-29+. The number of hydrogen-bond donors (Lipinski definition) is 1. The van der Waals surface area contributed by atoms with Gasteiger partial charge in [0.2, 0.25) is 0 Å². The van der Waals surface area contributed by atoms with Crippen LogP contribution in [0.5, 0.6) is 17.2 Å². The summed E-state index contributed by atoms with van der Waals surface area (Å²) in [6, 6.07) is 19.2. The summed E-state index contributed by atoms with van der Waals surface area (Å²) in [5.41, 5.74) is 3.11. The highest BCUT2D eigenvalue weighted by molar-refractivity contribution is 7.14. The highest BCUT2D eigenvalue weighted by Gasteiger charge is 2.48. The number of aliphatic hydroxyl groups is 1. The smallest absolute Gasteiger partial charge is 0.301 e. The molecular weight excluding hydrogens is 564 g/mol. The number of benzene rings is 3. The number of ether oxygens (including phenoxy) is 3. The van der Waals surface area contributed by atoms with E-state index >= 15 is 0 Å². The first-order valence-corrected chi connectivity index (χ1v) is 14.9. The molecule has 1 saturated heterocycles. The molecule has 0 aliphatic carbocycles. The molecule has 0 spiro atoms. The van der Waals surface area contributed by atoms with Crippen molar-refractivity contribution in [2.45, 2.75) is 39.8 Å². The summed E-state index contributed by atoms with van der Waals surface area (Å²) in [5, 5.41) is 13.6. The van der Waals surface area contributed by atoms with Gasteiger partial charge in [0.1, 0.15) is 18.1 Å². The molecule has 0 bridgehead atoms. The van der Waals surface area contributed by atoms with Gasteiger partial charge in [-0.05, 0) is 66.8 Å². The van der Waals surface area contributed by atoms with Crippen LogP contribution >= 0.6 is 11.3 Å². The van der Waals surface area contributed by atoms with Crippen molar-refractivity contribution in [3.8, 4) is 17.2 Å². The van der Waals surface area contributed by atoms with E-state index in [9.17, 15) is 14.7 Å². The number of nitrogens with zero attached hydrogens (tertiary/aromatic N) is 2. The number of hydrogen-bond acceptors (Lipinski definition) is 8. The summed E-state index contributed by atoms with van der Waals surface area (Å²) >= 11 is 1.23. The number of aryl methyl sites for hydroxylation is 1. The summed E-state index contributed by atoms with van der Waals surface area (Å²) in [6.07, 6.45) is 2.45. The Morgan fingerprint density at radius 3 is 2.49 bits per heavy atom. The SMILES string of the molecule is COc1cc(C2/C(=C(\O)c3ccc(OCc4cccc(C)c4)cc3)C(=O)C(=O)N2c2nccs2)ccc1OCCC(C)C. The van der Waals surface area contributed by atoms with E-state index in [1.54, 1.807) is 54.0 Å². The van der Waals surface area contributed by atoms with Crippen molar-refractivity contribution in [3.05, 3.63) is 106 Å². The fraction of sp³-hybridized carbons (Fsp3) is 0.265. The van der Waals surface area contributed by atoms with Gasteiger partial charge in [-0.25, -0.2) is 4.98 Å². The molecule has 8 nitrogen and oxygen atoms in total. The third-order valence-electron chi connectivity index (χ3n) is 7.14. The lowest BCUT2D eigenvalue weighted by molar-refractivity contribution is -0.132. The largest absolute Gasteiger partial charge is 0.507 e. The Morgan fingerprint density at radius 1 is 1.02 bits per heavy atom. The quantitative estimate of drug-likeness (QED) is 0.112. The highest BCUT2D eigenvalue weighted by atomic mass is 32.1. The predicted octanol–water partition coefficient (Wildman–Crippen LogP) is 7.09. The van der Waals surface area contributed by atoms with E-state index in [-0.39, 0.29) is 11.3 Å². The van der Waals surface area contributed by atoms with Gasteiger partial charge in [0.05, 0.1) is 25.3 Å². The summed E-state index contributed by atoms with van der Waals surface area (Å²) in [6.45, 7) is 7.19. The minimum atomic E-state index is -0.929. The van der Waals surface area contributed by atoms with Crippen LogP contribution in [0, 0.1) is 12.8 Å². The van der Waals surface area contributed by atoms with Gasteiger partial charge < -0.3 is 19.3 Å². The Morgan fingerprint density at radius 2 is 1.81 bits per heavy atom. The maximum absolute atomic E-state index is 13.5. The number of Topliss-reactive ketones (excluding diaryl/α,β-unsaturated/α-hetero) is 1. The zero-order chi connectivity index (χ0) is 30.5. The van der Waals surface area contributed by atoms with Gasteiger partial charge in [0.15, 0.2) is 16.6 Å². The average molecular weight is 599 g/mol. The van der Waals surface area contributed by atoms with E-state index in [2.05, 4.69) is 24.9 Å². The first-order valence-electron chi connectivity index (χ1n) is 14.1. The van der Waals surface area contributed by atoms with E-state index in [0.29, 0.717) is 52.6 Å². The molecule has 9 heteroatoms. The first-order chi connectivity index (χ1) is 20.8. The second-order valence-electron chi connectivity index (χ2n) is 10.7. The normalized spacial score (nSPS) is 16.1. The second kappa shape index (κ2) is 13.1. The number of anilines is 1. The monoisotopic (exact) mass is 598 g/mol. The van der Waals surface area contributed by atoms with Crippen LogP contribution in [0.3, 0.4) is 0 Å².